The summed E-state index contributed by atoms with van der Waals surface area (Å²) < 4.78 is 5.64. The van der Waals surface area contributed by atoms with Gasteiger partial charge in [0.05, 0.1) is 11.6 Å². The fourth-order valence-corrected chi connectivity index (χ4v) is 2.61. The first-order chi connectivity index (χ1) is 9.34. The summed E-state index contributed by atoms with van der Waals surface area (Å²) in [6.07, 6.45) is 5.54. The molecule has 2 heterocycles. The number of rotatable bonds is 3. The molecule has 0 bridgehead atoms. The molecule has 1 saturated heterocycles. The van der Waals surface area contributed by atoms with E-state index in [9.17, 15) is 4.79 Å². The maximum Gasteiger partial charge on any atom is 0.167 e. The van der Waals surface area contributed by atoms with Crippen LogP contribution in [-0.2, 0) is 4.74 Å². The van der Waals surface area contributed by atoms with Crippen LogP contribution in [0.2, 0.25) is 0 Å². The average molecular weight is 255 g/mol. The Bertz CT molecular complexity index is 583. The van der Waals surface area contributed by atoms with Gasteiger partial charge in [0.15, 0.2) is 5.78 Å². The number of ketones is 1. The van der Waals surface area contributed by atoms with E-state index in [2.05, 4.69) is 4.98 Å². The summed E-state index contributed by atoms with van der Waals surface area (Å²) in [6, 6.07) is 9.63. The van der Waals surface area contributed by atoms with E-state index in [4.69, 9.17) is 4.74 Å². The molecule has 0 saturated carbocycles. The molecule has 2 aromatic rings. The summed E-state index contributed by atoms with van der Waals surface area (Å²) in [6.45, 7) is 0.783. The zero-order valence-corrected chi connectivity index (χ0v) is 10.8. The number of aromatic nitrogens is 1. The van der Waals surface area contributed by atoms with Crippen molar-refractivity contribution in [2.24, 2.45) is 0 Å². The highest BCUT2D eigenvalue weighted by atomic mass is 16.5. The van der Waals surface area contributed by atoms with Crippen LogP contribution in [0.3, 0.4) is 0 Å². The minimum Gasteiger partial charge on any atom is -0.378 e. The van der Waals surface area contributed by atoms with Crippen LogP contribution < -0.4 is 0 Å². The molecule has 1 fully saturated rings. The summed E-state index contributed by atoms with van der Waals surface area (Å²) in [5, 5.41) is 1.01. The van der Waals surface area contributed by atoms with Gasteiger partial charge < -0.3 is 4.74 Å². The Labute approximate surface area is 112 Å². The molecular formula is C16H17NO2. The number of para-hydroxylation sites is 1. The third kappa shape index (κ3) is 2.66. The third-order valence-corrected chi connectivity index (χ3v) is 3.62. The number of hydrogen-bond acceptors (Lipinski definition) is 3. The molecule has 0 spiro atoms. The Kier molecular flexibility index (Phi) is 3.56. The lowest BCUT2D eigenvalue weighted by Gasteiger charge is -2.21. The predicted octanol–water partition coefficient (Wildman–Crippen LogP) is 3.38. The van der Waals surface area contributed by atoms with Crippen molar-refractivity contribution in [1.82, 2.24) is 4.98 Å². The van der Waals surface area contributed by atoms with Crippen molar-refractivity contribution in [1.29, 1.82) is 0 Å². The minimum atomic E-state index is 0.0835. The van der Waals surface area contributed by atoms with E-state index < -0.39 is 0 Å². The average Bonchev–Trinajstić information content (AvgIpc) is 2.47. The summed E-state index contributed by atoms with van der Waals surface area (Å²) >= 11 is 0. The van der Waals surface area contributed by atoms with E-state index in [1.807, 2.05) is 30.3 Å². The van der Waals surface area contributed by atoms with E-state index in [-0.39, 0.29) is 11.9 Å². The van der Waals surface area contributed by atoms with Crippen LogP contribution in [0.1, 0.15) is 36.0 Å². The topological polar surface area (TPSA) is 39.2 Å². The second-order valence-electron chi connectivity index (χ2n) is 5.00. The summed E-state index contributed by atoms with van der Waals surface area (Å²) in [5.41, 5.74) is 1.51. The number of carbonyl (C=O) groups is 1. The lowest BCUT2D eigenvalue weighted by Crippen LogP contribution is -2.22. The maximum atomic E-state index is 12.4. The number of ether oxygens (including phenoxy) is 1. The second kappa shape index (κ2) is 5.49. The molecule has 1 aromatic carbocycles. The van der Waals surface area contributed by atoms with Crippen molar-refractivity contribution >= 4 is 16.7 Å². The normalized spacial score (nSPS) is 19.5. The molecule has 1 aliphatic rings. The Morgan fingerprint density at radius 2 is 2.16 bits per heavy atom. The smallest absolute Gasteiger partial charge is 0.167 e. The predicted molar refractivity (Wildman–Crippen MR) is 74.3 cm³/mol. The standard InChI is InChI=1S/C16H17NO2/c18-15(11-13-7-1-2-10-19-13)14-8-3-5-12-6-4-9-17-16(12)14/h3-6,8-9,13H,1-2,7,10-11H2. The van der Waals surface area contributed by atoms with Crippen LogP contribution in [0.15, 0.2) is 36.5 Å². The number of fused-ring (bicyclic) bond motifs is 1. The number of hydrogen-bond donors (Lipinski definition) is 0. The molecule has 1 atom stereocenters. The van der Waals surface area contributed by atoms with Crippen molar-refractivity contribution in [3.8, 4) is 0 Å². The van der Waals surface area contributed by atoms with Gasteiger partial charge in [-0.25, -0.2) is 0 Å². The fraction of sp³-hybridized carbons (Fsp3) is 0.375. The molecule has 3 rings (SSSR count). The highest BCUT2D eigenvalue weighted by Crippen LogP contribution is 2.21. The second-order valence-corrected chi connectivity index (χ2v) is 5.00. The monoisotopic (exact) mass is 255 g/mol. The van der Waals surface area contributed by atoms with E-state index >= 15 is 0 Å². The van der Waals surface area contributed by atoms with Crippen LogP contribution in [0.5, 0.6) is 0 Å². The van der Waals surface area contributed by atoms with Gasteiger partial charge in [0.2, 0.25) is 0 Å². The molecule has 98 valence electrons. The molecule has 3 nitrogen and oxygen atoms in total. The summed E-state index contributed by atoms with van der Waals surface area (Å²) in [7, 11) is 0. The zero-order valence-electron chi connectivity index (χ0n) is 10.8. The first kappa shape index (κ1) is 12.3. The van der Waals surface area contributed by atoms with Gasteiger partial charge in [-0.05, 0) is 31.4 Å². The largest absolute Gasteiger partial charge is 0.378 e. The number of benzene rings is 1. The summed E-state index contributed by atoms with van der Waals surface area (Å²) in [4.78, 5) is 16.7. The Hall–Kier alpha value is -1.74. The van der Waals surface area contributed by atoms with Gasteiger partial charge in [0, 0.05) is 30.2 Å². The first-order valence-corrected chi connectivity index (χ1v) is 6.83. The number of carbonyl (C=O) groups excluding carboxylic acids is 1. The molecule has 0 aliphatic carbocycles. The number of Topliss-reactive ketones (excluding diaryl/α,β-unsaturated/α-hetero) is 1. The van der Waals surface area contributed by atoms with Crippen molar-refractivity contribution in [2.75, 3.05) is 6.61 Å². The summed E-state index contributed by atoms with van der Waals surface area (Å²) in [5.74, 6) is 0.135. The van der Waals surface area contributed by atoms with Crippen molar-refractivity contribution < 1.29 is 9.53 Å². The molecule has 19 heavy (non-hydrogen) atoms. The third-order valence-electron chi connectivity index (χ3n) is 3.62. The Balaban J connectivity index is 1.85. The molecular weight excluding hydrogens is 238 g/mol. The van der Waals surface area contributed by atoms with Crippen LogP contribution in [0, 0.1) is 0 Å². The molecule has 0 radical (unpaired) electrons. The lowest BCUT2D eigenvalue weighted by molar-refractivity contribution is 0.0129. The van der Waals surface area contributed by atoms with Gasteiger partial charge in [-0.15, -0.1) is 0 Å². The Morgan fingerprint density at radius 3 is 3.00 bits per heavy atom. The van der Waals surface area contributed by atoms with Crippen LogP contribution >= 0.6 is 0 Å². The lowest BCUT2D eigenvalue weighted by atomic mass is 9.98. The molecule has 1 unspecified atom stereocenters. The molecule has 1 aromatic heterocycles. The van der Waals surface area contributed by atoms with Gasteiger partial charge in [0.1, 0.15) is 0 Å². The molecule has 0 N–H and O–H groups in total. The van der Waals surface area contributed by atoms with Crippen LogP contribution in [-0.4, -0.2) is 23.5 Å². The van der Waals surface area contributed by atoms with Crippen molar-refractivity contribution in [2.45, 2.75) is 31.8 Å². The maximum absolute atomic E-state index is 12.4. The van der Waals surface area contributed by atoms with Gasteiger partial charge in [-0.1, -0.05) is 18.2 Å². The molecule has 1 aliphatic heterocycles. The van der Waals surface area contributed by atoms with Gasteiger partial charge in [-0.2, -0.15) is 0 Å². The SMILES string of the molecule is O=C(CC1CCCCO1)c1cccc2cccnc12. The number of pyridine rings is 1. The quantitative estimate of drug-likeness (QED) is 0.789. The van der Waals surface area contributed by atoms with Crippen LogP contribution in [0.4, 0.5) is 0 Å². The van der Waals surface area contributed by atoms with Crippen molar-refractivity contribution in [3.05, 3.63) is 42.1 Å². The van der Waals surface area contributed by atoms with Crippen molar-refractivity contribution in [3.63, 3.8) is 0 Å². The zero-order chi connectivity index (χ0) is 13.1. The molecule has 0 amide bonds. The highest BCUT2D eigenvalue weighted by molar-refractivity contribution is 6.06. The highest BCUT2D eigenvalue weighted by Gasteiger charge is 2.20. The van der Waals surface area contributed by atoms with E-state index in [0.29, 0.717) is 12.0 Å². The van der Waals surface area contributed by atoms with Gasteiger partial charge in [0.25, 0.3) is 0 Å². The first-order valence-electron chi connectivity index (χ1n) is 6.83. The van der Waals surface area contributed by atoms with E-state index in [1.54, 1.807) is 6.20 Å². The van der Waals surface area contributed by atoms with E-state index in [1.165, 1.54) is 0 Å². The van der Waals surface area contributed by atoms with E-state index in [0.717, 1.165) is 36.8 Å². The van der Waals surface area contributed by atoms with Gasteiger partial charge >= 0.3 is 0 Å². The fourth-order valence-electron chi connectivity index (χ4n) is 2.61. The Morgan fingerprint density at radius 1 is 1.26 bits per heavy atom. The molecule has 3 heteroatoms. The number of nitrogens with zero attached hydrogens (tertiary/aromatic N) is 1. The minimum absolute atomic E-state index is 0.0835. The van der Waals surface area contributed by atoms with Crippen LogP contribution in [0.25, 0.3) is 10.9 Å². The van der Waals surface area contributed by atoms with Gasteiger partial charge in [-0.3, -0.25) is 9.78 Å².